The summed E-state index contributed by atoms with van der Waals surface area (Å²) in [5.74, 6) is 0.775. The van der Waals surface area contributed by atoms with E-state index in [0.29, 0.717) is 30.2 Å². The number of anilines is 1. The zero-order chi connectivity index (χ0) is 16.1. The third-order valence-corrected chi connectivity index (χ3v) is 3.28. The highest BCUT2D eigenvalue weighted by Gasteiger charge is 2.16. The maximum atomic E-state index is 12.1. The number of nitrogens with zero attached hydrogens (tertiary/aromatic N) is 2. The van der Waals surface area contributed by atoms with Crippen LogP contribution in [0.1, 0.15) is 28.6 Å². The van der Waals surface area contributed by atoms with E-state index in [1.807, 2.05) is 25.1 Å². The van der Waals surface area contributed by atoms with Crippen LogP contribution in [-0.2, 0) is 4.79 Å². The molecule has 1 N–H and O–H groups in total. The molecule has 0 bridgehead atoms. The molecule has 0 aliphatic heterocycles. The first-order chi connectivity index (χ1) is 10.5. The Labute approximate surface area is 129 Å². The minimum absolute atomic E-state index is 0.154. The van der Waals surface area contributed by atoms with Gasteiger partial charge in [0.05, 0.1) is 0 Å². The predicted octanol–water partition coefficient (Wildman–Crippen LogP) is 2.07. The molecule has 2 rings (SSSR count). The first-order valence-electron chi connectivity index (χ1n) is 7.04. The molecular formula is C16H19N3O3. The average molecular weight is 301 g/mol. The molecule has 0 unspecified atom stereocenters. The van der Waals surface area contributed by atoms with Crippen molar-refractivity contribution in [3.05, 3.63) is 47.2 Å². The summed E-state index contributed by atoms with van der Waals surface area (Å²) in [5, 5.41) is 6.64. The highest BCUT2D eigenvalue weighted by Crippen LogP contribution is 2.13. The quantitative estimate of drug-likeness (QED) is 0.917. The average Bonchev–Trinajstić information content (AvgIpc) is 2.89. The highest BCUT2D eigenvalue weighted by molar-refractivity contribution is 5.95. The van der Waals surface area contributed by atoms with Crippen LogP contribution in [0.2, 0.25) is 0 Å². The molecule has 1 heterocycles. The summed E-state index contributed by atoms with van der Waals surface area (Å²) in [4.78, 5) is 25.3. The maximum Gasteiger partial charge on any atom is 0.251 e. The largest absolute Gasteiger partial charge is 0.360 e. The fraction of sp³-hybridized carbons (Fsp3) is 0.312. The Morgan fingerprint density at radius 3 is 2.59 bits per heavy atom. The van der Waals surface area contributed by atoms with E-state index in [1.54, 1.807) is 19.1 Å². The van der Waals surface area contributed by atoms with Crippen LogP contribution in [0.3, 0.4) is 0 Å². The summed E-state index contributed by atoms with van der Waals surface area (Å²) in [6.45, 7) is 5.76. The summed E-state index contributed by atoms with van der Waals surface area (Å²) in [7, 11) is 0. The molecule has 0 radical (unpaired) electrons. The van der Waals surface area contributed by atoms with Gasteiger partial charge in [0.1, 0.15) is 5.76 Å². The molecule has 2 amide bonds. The fourth-order valence-corrected chi connectivity index (χ4v) is 2.12. The minimum Gasteiger partial charge on any atom is -0.360 e. The summed E-state index contributed by atoms with van der Waals surface area (Å²) in [6, 6.07) is 9.05. The summed E-state index contributed by atoms with van der Waals surface area (Å²) >= 11 is 0. The van der Waals surface area contributed by atoms with Crippen molar-refractivity contribution >= 4 is 17.6 Å². The van der Waals surface area contributed by atoms with Gasteiger partial charge in [-0.15, -0.1) is 0 Å². The van der Waals surface area contributed by atoms with E-state index < -0.39 is 0 Å². The molecule has 0 atom stereocenters. The van der Waals surface area contributed by atoms with E-state index in [4.69, 9.17) is 4.52 Å². The van der Waals surface area contributed by atoms with Crippen molar-refractivity contribution < 1.29 is 14.1 Å². The van der Waals surface area contributed by atoms with Gasteiger partial charge in [0.2, 0.25) is 5.91 Å². The van der Waals surface area contributed by atoms with E-state index in [-0.39, 0.29) is 11.8 Å². The van der Waals surface area contributed by atoms with Crippen molar-refractivity contribution in [1.29, 1.82) is 0 Å². The fourth-order valence-electron chi connectivity index (χ4n) is 2.12. The normalized spacial score (nSPS) is 10.3. The zero-order valence-electron chi connectivity index (χ0n) is 12.9. The topological polar surface area (TPSA) is 75.4 Å². The SMILES string of the molecule is CC(=O)N(CCNC(=O)c1ccccc1C)c1cc(C)on1. The Morgan fingerprint density at radius 1 is 1.27 bits per heavy atom. The molecule has 0 saturated carbocycles. The smallest absolute Gasteiger partial charge is 0.251 e. The summed E-state index contributed by atoms with van der Waals surface area (Å²) in [6.07, 6.45) is 0. The number of rotatable bonds is 5. The molecule has 2 aromatic rings. The second-order valence-electron chi connectivity index (χ2n) is 5.04. The number of amides is 2. The van der Waals surface area contributed by atoms with Crippen LogP contribution >= 0.6 is 0 Å². The number of carbonyl (C=O) groups excluding carboxylic acids is 2. The molecule has 0 fully saturated rings. The molecule has 0 spiro atoms. The van der Waals surface area contributed by atoms with E-state index in [1.165, 1.54) is 11.8 Å². The third-order valence-electron chi connectivity index (χ3n) is 3.28. The van der Waals surface area contributed by atoms with Crippen molar-refractivity contribution in [2.24, 2.45) is 0 Å². The highest BCUT2D eigenvalue weighted by atomic mass is 16.5. The van der Waals surface area contributed by atoms with Gasteiger partial charge in [0, 0.05) is 31.6 Å². The number of aryl methyl sites for hydroxylation is 2. The lowest BCUT2D eigenvalue weighted by Gasteiger charge is -2.18. The summed E-state index contributed by atoms with van der Waals surface area (Å²) < 4.78 is 4.98. The van der Waals surface area contributed by atoms with Gasteiger partial charge < -0.3 is 9.84 Å². The Hall–Kier alpha value is -2.63. The molecule has 0 aliphatic carbocycles. The van der Waals surface area contributed by atoms with E-state index >= 15 is 0 Å². The van der Waals surface area contributed by atoms with E-state index in [9.17, 15) is 9.59 Å². The van der Waals surface area contributed by atoms with Crippen LogP contribution in [0.5, 0.6) is 0 Å². The van der Waals surface area contributed by atoms with Crippen molar-refractivity contribution in [3.63, 3.8) is 0 Å². The van der Waals surface area contributed by atoms with Gasteiger partial charge in [-0.05, 0) is 25.5 Å². The van der Waals surface area contributed by atoms with E-state index in [2.05, 4.69) is 10.5 Å². The first kappa shape index (κ1) is 15.8. The molecule has 6 nitrogen and oxygen atoms in total. The lowest BCUT2D eigenvalue weighted by molar-refractivity contribution is -0.116. The third kappa shape index (κ3) is 3.72. The zero-order valence-corrected chi connectivity index (χ0v) is 12.9. The number of nitrogens with one attached hydrogen (secondary N) is 1. The van der Waals surface area contributed by atoms with Crippen molar-refractivity contribution in [2.75, 3.05) is 18.0 Å². The van der Waals surface area contributed by atoms with Crippen LogP contribution in [0.15, 0.2) is 34.9 Å². The molecule has 6 heteroatoms. The van der Waals surface area contributed by atoms with Crippen LogP contribution in [0.25, 0.3) is 0 Å². The van der Waals surface area contributed by atoms with Crippen LogP contribution in [-0.4, -0.2) is 30.1 Å². The predicted molar refractivity (Wildman–Crippen MR) is 82.8 cm³/mol. The molecule has 1 aromatic carbocycles. The van der Waals surface area contributed by atoms with Crippen LogP contribution < -0.4 is 10.2 Å². The number of benzene rings is 1. The number of carbonyl (C=O) groups is 2. The number of hydrogen-bond donors (Lipinski definition) is 1. The van der Waals surface area contributed by atoms with Gasteiger partial charge in [-0.2, -0.15) is 0 Å². The standard InChI is InChI=1S/C16H19N3O3/c1-11-6-4-5-7-14(11)16(21)17-8-9-19(13(3)20)15-10-12(2)22-18-15/h4-7,10H,8-9H2,1-3H3,(H,17,21). The van der Waals surface area contributed by atoms with E-state index in [0.717, 1.165) is 5.56 Å². The van der Waals surface area contributed by atoms with Crippen molar-refractivity contribution in [1.82, 2.24) is 10.5 Å². The molecule has 22 heavy (non-hydrogen) atoms. The van der Waals surface area contributed by atoms with Gasteiger partial charge in [0.25, 0.3) is 5.91 Å². The Bertz CT molecular complexity index is 679. The second-order valence-corrected chi connectivity index (χ2v) is 5.04. The van der Waals surface area contributed by atoms with Gasteiger partial charge in [-0.25, -0.2) is 0 Å². The second kappa shape index (κ2) is 6.89. The lowest BCUT2D eigenvalue weighted by atomic mass is 10.1. The van der Waals surface area contributed by atoms with Crippen molar-refractivity contribution in [2.45, 2.75) is 20.8 Å². The van der Waals surface area contributed by atoms with Gasteiger partial charge in [-0.1, -0.05) is 23.4 Å². The first-order valence-corrected chi connectivity index (χ1v) is 7.04. The Kier molecular flexibility index (Phi) is 4.93. The van der Waals surface area contributed by atoms with Gasteiger partial charge >= 0.3 is 0 Å². The molecule has 0 aliphatic rings. The molecule has 0 saturated heterocycles. The Balaban J connectivity index is 1.95. The number of aromatic nitrogens is 1. The van der Waals surface area contributed by atoms with Gasteiger partial charge in [0.15, 0.2) is 5.82 Å². The maximum absolute atomic E-state index is 12.1. The molecular weight excluding hydrogens is 282 g/mol. The molecule has 116 valence electrons. The lowest BCUT2D eigenvalue weighted by Crippen LogP contribution is -2.37. The minimum atomic E-state index is -0.155. The van der Waals surface area contributed by atoms with Crippen LogP contribution in [0.4, 0.5) is 5.82 Å². The monoisotopic (exact) mass is 301 g/mol. The van der Waals surface area contributed by atoms with Crippen molar-refractivity contribution in [3.8, 4) is 0 Å². The summed E-state index contributed by atoms with van der Waals surface area (Å²) in [5.41, 5.74) is 1.55. The number of hydrogen-bond acceptors (Lipinski definition) is 4. The molecule has 1 aromatic heterocycles. The Morgan fingerprint density at radius 2 is 2.00 bits per heavy atom. The van der Waals surface area contributed by atoms with Gasteiger partial charge in [-0.3, -0.25) is 14.5 Å². The van der Waals surface area contributed by atoms with Crippen LogP contribution in [0, 0.1) is 13.8 Å².